The second-order valence-electron chi connectivity index (χ2n) is 7.91. The summed E-state index contributed by atoms with van der Waals surface area (Å²) < 4.78 is 41.6. The smallest absolute Gasteiger partial charge is 0.345 e. The third-order valence-corrected chi connectivity index (χ3v) is 6.57. The first kappa shape index (κ1) is 29.2. The normalized spacial score (nSPS) is 24.6. The van der Waals surface area contributed by atoms with Gasteiger partial charge in [-0.15, -0.1) is 4.52 Å². The number of benzene rings is 1. The van der Waals surface area contributed by atoms with E-state index in [9.17, 15) is 24.4 Å². The summed E-state index contributed by atoms with van der Waals surface area (Å²) in [5.74, 6) is -0.504. The number of aliphatic hydroxyl groups is 1. The third-order valence-electron chi connectivity index (χ3n) is 5.22. The molecule has 2 N–H and O–H groups in total. The Hall–Kier alpha value is -2.38. The summed E-state index contributed by atoms with van der Waals surface area (Å²) in [5.41, 5.74) is -4.31. The van der Waals surface area contributed by atoms with Crippen molar-refractivity contribution in [3.8, 4) is 5.75 Å². The topological polar surface area (TPSA) is 164 Å². The number of carbonyl (C=O) groups excluding carboxylic acids is 1. The summed E-state index contributed by atoms with van der Waals surface area (Å²) in [7, 11) is -2.85. The standard InChI is InChI=1S/C21H23Cl2FN3O9P/c1-3-15(29)33-9-7-25-37(32)36-18(34-13-5-4-11(22)10-12(13)23)16-17(30)21(2,24)19(35-16)27-8-6-14(28)26-20(27)31/h4-6,8,10,16-19,30H,3,7,9H2,1-2H3,(H,26,28,31)/t16-,17-,18+,19-,21-/m1/s1. The third kappa shape index (κ3) is 7.14. The maximum Gasteiger partial charge on any atom is 0.345 e. The lowest BCUT2D eigenvalue weighted by Crippen LogP contribution is -2.46. The molecular formula is C21H23Cl2FN3O9P. The van der Waals surface area contributed by atoms with Crippen molar-refractivity contribution in [2.45, 2.75) is 50.7 Å². The van der Waals surface area contributed by atoms with E-state index in [4.69, 9.17) is 41.9 Å². The number of H-pyrrole nitrogens is 1. The molecule has 0 saturated carbocycles. The number of alkyl halides is 1. The first-order valence-electron chi connectivity index (χ1n) is 10.9. The molecule has 3 rings (SSSR count). The maximum absolute atomic E-state index is 15.7. The number of aromatic nitrogens is 2. The molecule has 0 bridgehead atoms. The summed E-state index contributed by atoms with van der Waals surface area (Å²) in [6.45, 7) is 2.24. The number of ether oxygens (including phenoxy) is 3. The molecule has 202 valence electrons. The number of aliphatic hydroxyl groups excluding tert-OH is 1. The zero-order valence-corrected chi connectivity index (χ0v) is 21.9. The average Bonchev–Trinajstić information content (AvgIpc) is 3.06. The minimum absolute atomic E-state index is 0.0173. The van der Waals surface area contributed by atoms with Crippen molar-refractivity contribution in [3.05, 3.63) is 61.3 Å². The highest BCUT2D eigenvalue weighted by Crippen LogP contribution is 2.44. The van der Waals surface area contributed by atoms with Gasteiger partial charge in [-0.05, 0) is 25.1 Å². The van der Waals surface area contributed by atoms with E-state index in [2.05, 4.69) is 4.74 Å². The predicted molar refractivity (Wildman–Crippen MR) is 128 cm³/mol. The van der Waals surface area contributed by atoms with E-state index in [0.29, 0.717) is 0 Å². The van der Waals surface area contributed by atoms with Crippen LogP contribution in [0.3, 0.4) is 0 Å². The van der Waals surface area contributed by atoms with Crippen LogP contribution in [0.4, 0.5) is 4.39 Å². The number of hydrogen-bond acceptors (Lipinski definition) is 10. The molecule has 2 heterocycles. The number of esters is 1. The zero-order valence-electron chi connectivity index (χ0n) is 19.5. The molecule has 0 spiro atoms. The van der Waals surface area contributed by atoms with E-state index >= 15 is 4.39 Å². The molecule has 1 aromatic heterocycles. The minimum Gasteiger partial charge on any atom is -0.583 e. The summed E-state index contributed by atoms with van der Waals surface area (Å²) in [4.78, 5) is 49.4. The van der Waals surface area contributed by atoms with E-state index in [-0.39, 0.29) is 35.4 Å². The second-order valence-corrected chi connectivity index (χ2v) is 9.72. The second kappa shape index (κ2) is 12.4. The largest absolute Gasteiger partial charge is 0.583 e. The summed E-state index contributed by atoms with van der Waals surface area (Å²) in [5, 5.41) is 11.1. The summed E-state index contributed by atoms with van der Waals surface area (Å²) in [6.07, 6.45) is -5.95. The highest BCUT2D eigenvalue weighted by molar-refractivity contribution is 7.33. The lowest BCUT2D eigenvalue weighted by atomic mass is 9.98. The number of carbonyl (C=O) groups is 1. The SMILES string of the molecule is CCC(=O)OCCN=[P+]([O-])O[C@H](Oc1ccc(Cl)cc1Cl)[C@@H]1O[C@@H](n2ccc(=O)[nH]c2=O)[C@](C)(F)[C@@H]1O. The number of nitrogens with one attached hydrogen (secondary N) is 1. The van der Waals surface area contributed by atoms with Crippen molar-refractivity contribution in [2.75, 3.05) is 13.2 Å². The molecule has 1 aliphatic rings. The fourth-order valence-corrected chi connectivity index (χ4v) is 4.44. The lowest BCUT2D eigenvalue weighted by molar-refractivity contribution is -0.205. The number of rotatable bonds is 10. The Bertz CT molecular complexity index is 1270. The van der Waals surface area contributed by atoms with Crippen molar-refractivity contribution in [1.29, 1.82) is 0 Å². The first-order valence-corrected chi connectivity index (χ1v) is 12.7. The Balaban J connectivity index is 1.89. The molecule has 12 nitrogen and oxygen atoms in total. The maximum atomic E-state index is 15.7. The van der Waals surface area contributed by atoms with Crippen molar-refractivity contribution >= 4 is 37.3 Å². The predicted octanol–water partition coefficient (Wildman–Crippen LogP) is 2.06. The van der Waals surface area contributed by atoms with Crippen molar-refractivity contribution < 1.29 is 37.9 Å². The Morgan fingerprint density at radius 3 is 2.78 bits per heavy atom. The molecular weight excluding hydrogens is 559 g/mol. The van der Waals surface area contributed by atoms with Gasteiger partial charge in [-0.2, -0.15) is 0 Å². The monoisotopic (exact) mass is 581 g/mol. The van der Waals surface area contributed by atoms with Gasteiger partial charge in [0, 0.05) is 23.7 Å². The average molecular weight is 582 g/mol. The molecule has 1 fully saturated rings. The van der Waals surface area contributed by atoms with E-state index in [1.807, 2.05) is 4.98 Å². The zero-order chi connectivity index (χ0) is 27.3. The van der Waals surface area contributed by atoms with Crippen LogP contribution >= 0.6 is 31.4 Å². The van der Waals surface area contributed by atoms with Gasteiger partial charge in [-0.3, -0.25) is 19.1 Å². The van der Waals surface area contributed by atoms with Crippen LogP contribution in [0.5, 0.6) is 5.75 Å². The van der Waals surface area contributed by atoms with E-state index in [0.717, 1.165) is 23.8 Å². The first-order chi connectivity index (χ1) is 17.4. The van der Waals surface area contributed by atoms with Crippen LogP contribution in [0, 0.1) is 0 Å². The van der Waals surface area contributed by atoms with E-state index in [1.54, 1.807) is 6.92 Å². The quantitative estimate of drug-likeness (QED) is 0.185. The molecule has 0 amide bonds. The number of aromatic amines is 1. The van der Waals surface area contributed by atoms with Gasteiger partial charge >= 0.3 is 19.8 Å². The fourth-order valence-electron chi connectivity index (χ4n) is 3.34. The van der Waals surface area contributed by atoms with Gasteiger partial charge < -0.3 is 24.2 Å². The van der Waals surface area contributed by atoms with E-state index in [1.165, 1.54) is 18.2 Å². The van der Waals surface area contributed by atoms with Crippen molar-refractivity contribution in [3.63, 3.8) is 0 Å². The molecule has 37 heavy (non-hydrogen) atoms. The van der Waals surface area contributed by atoms with Crippen LogP contribution < -0.4 is 20.9 Å². The highest BCUT2D eigenvalue weighted by Gasteiger charge is 2.59. The number of halogens is 3. The fraction of sp³-hybridized carbons (Fsp3) is 0.476. The minimum atomic E-state index is -2.85. The van der Waals surface area contributed by atoms with Crippen LogP contribution in [-0.4, -0.2) is 57.9 Å². The summed E-state index contributed by atoms with van der Waals surface area (Å²) in [6, 6.07) is 5.10. The van der Waals surface area contributed by atoms with Gasteiger partial charge in [0.1, 0.15) is 25.0 Å². The summed E-state index contributed by atoms with van der Waals surface area (Å²) >= 11 is 12.1. The van der Waals surface area contributed by atoms with Crippen LogP contribution in [0.25, 0.3) is 0 Å². The Morgan fingerprint density at radius 2 is 2.14 bits per heavy atom. The molecule has 1 saturated heterocycles. The molecule has 16 heteroatoms. The molecule has 0 radical (unpaired) electrons. The highest BCUT2D eigenvalue weighted by atomic mass is 35.5. The van der Waals surface area contributed by atoms with Crippen molar-refractivity contribution in [1.82, 2.24) is 9.55 Å². The van der Waals surface area contributed by atoms with Crippen LogP contribution in [0.1, 0.15) is 26.5 Å². The van der Waals surface area contributed by atoms with Gasteiger partial charge in [0.2, 0.25) is 0 Å². The lowest BCUT2D eigenvalue weighted by Gasteiger charge is -2.25. The molecule has 2 aromatic rings. The van der Waals surface area contributed by atoms with Gasteiger partial charge in [0.05, 0.1) is 5.02 Å². The molecule has 1 aromatic carbocycles. The van der Waals surface area contributed by atoms with E-state index < -0.39 is 55.8 Å². The van der Waals surface area contributed by atoms with Gasteiger partial charge in [-0.1, -0.05) is 34.9 Å². The molecule has 6 atom stereocenters. The number of hydrogen-bond donors (Lipinski definition) is 2. The molecule has 1 unspecified atom stereocenters. The molecule has 1 aliphatic heterocycles. The van der Waals surface area contributed by atoms with Gasteiger partial charge in [0.15, 0.2) is 18.0 Å². The van der Waals surface area contributed by atoms with Crippen LogP contribution in [-0.2, 0) is 18.8 Å². The number of nitrogens with zero attached hydrogens (tertiary/aromatic N) is 2. The van der Waals surface area contributed by atoms with Gasteiger partial charge in [0.25, 0.3) is 11.8 Å². The molecule has 0 aliphatic carbocycles. The van der Waals surface area contributed by atoms with Crippen molar-refractivity contribution in [2.24, 2.45) is 4.74 Å². The Labute approximate surface area is 220 Å². The van der Waals surface area contributed by atoms with Gasteiger partial charge in [-0.25, -0.2) is 9.18 Å². The Morgan fingerprint density at radius 1 is 1.41 bits per heavy atom. The van der Waals surface area contributed by atoms with Crippen LogP contribution in [0.2, 0.25) is 10.0 Å². The Kier molecular flexibility index (Phi) is 9.81. The van der Waals surface area contributed by atoms with Crippen LogP contribution in [0.15, 0.2) is 44.8 Å².